The third-order valence-electron chi connectivity index (χ3n) is 5.28. The summed E-state index contributed by atoms with van der Waals surface area (Å²) in [7, 11) is 3.75. The number of hydrogen-bond acceptors (Lipinski definition) is 7. The number of fused-ring (bicyclic) bond motifs is 3. The largest absolute Gasteiger partial charge is 0.474 e. The van der Waals surface area contributed by atoms with Gasteiger partial charge in [-0.2, -0.15) is 4.98 Å². The lowest BCUT2D eigenvalue weighted by Gasteiger charge is -2.23. The van der Waals surface area contributed by atoms with E-state index in [-0.39, 0.29) is 23.3 Å². The van der Waals surface area contributed by atoms with E-state index < -0.39 is 0 Å². The van der Waals surface area contributed by atoms with Crippen LogP contribution in [0.15, 0.2) is 0 Å². The van der Waals surface area contributed by atoms with Crippen LogP contribution in [0.3, 0.4) is 0 Å². The minimum absolute atomic E-state index is 0.144. The van der Waals surface area contributed by atoms with E-state index in [0.717, 1.165) is 35.9 Å². The lowest BCUT2D eigenvalue weighted by Crippen LogP contribution is -2.20. The predicted octanol–water partition coefficient (Wildman–Crippen LogP) is 5.90. The lowest BCUT2D eigenvalue weighted by molar-refractivity contribution is -0.143. The molecule has 2 heterocycles. The van der Waals surface area contributed by atoms with Gasteiger partial charge < -0.3 is 14.8 Å². The van der Waals surface area contributed by atoms with E-state index in [2.05, 4.69) is 15.3 Å². The van der Waals surface area contributed by atoms with Gasteiger partial charge in [0, 0.05) is 4.88 Å². The number of hydrogen-bond donors (Lipinski definition) is 1. The fourth-order valence-corrected chi connectivity index (χ4v) is 5.60. The van der Waals surface area contributed by atoms with E-state index >= 15 is 0 Å². The van der Waals surface area contributed by atoms with Gasteiger partial charge in [0.25, 0.3) is 0 Å². The van der Waals surface area contributed by atoms with Crippen LogP contribution in [0.2, 0.25) is 5.28 Å². The van der Waals surface area contributed by atoms with Gasteiger partial charge in [-0.05, 0) is 82.6 Å². The van der Waals surface area contributed by atoms with Crippen LogP contribution in [0.5, 0.6) is 5.88 Å². The first-order valence-electron chi connectivity index (χ1n) is 11.5. The Morgan fingerprint density at radius 3 is 2.48 bits per heavy atom. The molecule has 8 heteroatoms. The van der Waals surface area contributed by atoms with Crippen LogP contribution in [-0.4, -0.2) is 42.7 Å². The minimum Gasteiger partial charge on any atom is -0.474 e. The van der Waals surface area contributed by atoms with E-state index in [1.165, 1.54) is 29.7 Å². The maximum atomic E-state index is 12.0. The van der Waals surface area contributed by atoms with Gasteiger partial charge in [-0.25, -0.2) is 4.98 Å². The van der Waals surface area contributed by atoms with E-state index in [4.69, 9.17) is 21.1 Å². The highest BCUT2D eigenvalue weighted by atomic mass is 35.5. The number of nitrogens with zero attached hydrogens (tertiary/aromatic N) is 2. The van der Waals surface area contributed by atoms with Gasteiger partial charge in [-0.1, -0.05) is 20.3 Å². The number of carbonyl (C=O) groups excluding carboxylic acids is 1. The van der Waals surface area contributed by atoms with Crippen molar-refractivity contribution in [3.63, 3.8) is 0 Å². The fraction of sp³-hybridized carbons (Fsp3) is 0.696. The quantitative estimate of drug-likeness (QED) is 0.434. The zero-order chi connectivity index (χ0) is 22.8. The molecule has 0 aliphatic heterocycles. The summed E-state index contributed by atoms with van der Waals surface area (Å²) in [5.74, 6) is 0.603. The molecular weight excluding hydrogens is 434 g/mol. The summed E-state index contributed by atoms with van der Waals surface area (Å²) >= 11 is 7.81. The molecule has 1 unspecified atom stereocenters. The number of nitrogens with one attached hydrogen (secondary N) is 1. The number of thiophene rings is 1. The summed E-state index contributed by atoms with van der Waals surface area (Å²) in [6, 6.07) is 0. The maximum absolute atomic E-state index is 12.0. The van der Waals surface area contributed by atoms with Crippen molar-refractivity contribution in [2.75, 3.05) is 20.7 Å². The molecular formula is C23H36ClN3O3S. The molecule has 4 rings (SSSR count). The molecule has 2 aromatic heterocycles. The van der Waals surface area contributed by atoms with E-state index in [1.807, 2.05) is 34.9 Å². The number of aryl methyl sites for hydroxylation is 1. The molecule has 0 aromatic carbocycles. The van der Waals surface area contributed by atoms with Gasteiger partial charge in [0.1, 0.15) is 10.9 Å². The first-order chi connectivity index (χ1) is 15.1. The van der Waals surface area contributed by atoms with Crippen molar-refractivity contribution in [2.45, 2.75) is 84.2 Å². The Balaban J connectivity index is 0.000000630. The topological polar surface area (TPSA) is 73.3 Å². The Bertz CT molecular complexity index is 837. The molecule has 31 heavy (non-hydrogen) atoms. The van der Waals surface area contributed by atoms with Gasteiger partial charge in [-0.15, -0.1) is 11.3 Å². The highest BCUT2D eigenvalue weighted by Crippen LogP contribution is 2.48. The monoisotopic (exact) mass is 469 g/mol. The van der Waals surface area contributed by atoms with Crippen molar-refractivity contribution in [1.29, 1.82) is 0 Å². The number of carbonyl (C=O) groups is 1. The van der Waals surface area contributed by atoms with Crippen molar-refractivity contribution < 1.29 is 14.3 Å². The molecule has 0 bridgehead atoms. The second-order valence-corrected chi connectivity index (χ2v) is 8.96. The molecule has 1 saturated carbocycles. The van der Waals surface area contributed by atoms with Gasteiger partial charge in [0.05, 0.1) is 18.4 Å². The predicted molar refractivity (Wildman–Crippen MR) is 129 cm³/mol. The van der Waals surface area contributed by atoms with Crippen LogP contribution in [-0.2, 0) is 16.0 Å². The molecule has 2 aliphatic rings. The number of ether oxygens (including phenoxy) is 2. The van der Waals surface area contributed by atoms with Gasteiger partial charge in [0.15, 0.2) is 0 Å². The summed E-state index contributed by atoms with van der Waals surface area (Å²) < 4.78 is 11.4. The first-order valence-corrected chi connectivity index (χ1v) is 12.7. The van der Waals surface area contributed by atoms with Crippen molar-refractivity contribution in [3.8, 4) is 5.88 Å². The molecule has 2 aromatic rings. The lowest BCUT2D eigenvalue weighted by atomic mass is 9.97. The molecule has 174 valence electrons. The third-order valence-corrected chi connectivity index (χ3v) is 6.61. The third kappa shape index (κ3) is 6.77. The average molecular weight is 470 g/mol. The van der Waals surface area contributed by atoms with Crippen LogP contribution < -0.4 is 10.1 Å². The van der Waals surface area contributed by atoms with Gasteiger partial charge in [0.2, 0.25) is 11.2 Å². The van der Waals surface area contributed by atoms with E-state index in [0.29, 0.717) is 18.9 Å². The summed E-state index contributed by atoms with van der Waals surface area (Å²) in [6.07, 6.45) is 8.29. The van der Waals surface area contributed by atoms with Crippen LogP contribution in [0.4, 0.5) is 0 Å². The molecule has 2 aliphatic carbocycles. The highest BCUT2D eigenvalue weighted by Gasteiger charge is 2.32. The molecule has 0 amide bonds. The summed E-state index contributed by atoms with van der Waals surface area (Å²) in [5, 5.41) is 3.94. The SMILES string of the molecule is CC.CCOC(=O)CC1CCc2sc3nc(Cl)nc(OC4CCCCC4)c3c21.CNC. The molecule has 6 nitrogen and oxygen atoms in total. The summed E-state index contributed by atoms with van der Waals surface area (Å²) in [6.45, 7) is 6.25. The molecule has 0 saturated heterocycles. The van der Waals surface area contributed by atoms with Crippen LogP contribution in [0, 0.1) is 0 Å². The second-order valence-electron chi connectivity index (χ2n) is 7.54. The Hall–Kier alpha value is -1.44. The molecule has 0 spiro atoms. The zero-order valence-corrected chi connectivity index (χ0v) is 21.0. The van der Waals surface area contributed by atoms with Crippen LogP contribution in [0.1, 0.15) is 82.1 Å². The highest BCUT2D eigenvalue weighted by molar-refractivity contribution is 7.19. The number of esters is 1. The maximum Gasteiger partial charge on any atom is 0.306 e. The van der Waals surface area contributed by atoms with Crippen molar-refractivity contribution in [3.05, 3.63) is 15.7 Å². The van der Waals surface area contributed by atoms with Crippen molar-refractivity contribution in [1.82, 2.24) is 15.3 Å². The zero-order valence-electron chi connectivity index (χ0n) is 19.4. The van der Waals surface area contributed by atoms with Crippen molar-refractivity contribution >= 4 is 39.1 Å². The van der Waals surface area contributed by atoms with E-state index in [9.17, 15) is 4.79 Å². The summed E-state index contributed by atoms with van der Waals surface area (Å²) in [5.41, 5.74) is 1.18. The fourth-order valence-electron chi connectivity index (χ4n) is 4.13. The Labute approximate surface area is 195 Å². The van der Waals surface area contributed by atoms with Crippen molar-refractivity contribution in [2.24, 2.45) is 0 Å². The van der Waals surface area contributed by atoms with Crippen LogP contribution >= 0.6 is 22.9 Å². The normalized spacial score (nSPS) is 17.8. The Kier molecular flexibility index (Phi) is 11.0. The first kappa shape index (κ1) is 25.8. The molecule has 1 atom stereocenters. The van der Waals surface area contributed by atoms with Gasteiger partial charge in [-0.3, -0.25) is 4.79 Å². The van der Waals surface area contributed by atoms with E-state index in [1.54, 1.807) is 11.3 Å². The Morgan fingerprint density at radius 2 is 1.84 bits per heavy atom. The molecule has 1 fully saturated rings. The average Bonchev–Trinajstić information content (AvgIpc) is 3.30. The number of halogens is 1. The standard InChI is InChI=1S/C19H23ClN2O3S.C2H7N.C2H6/c1-2-24-14(23)10-11-8-9-13-15(11)16-17(21-19(20)22-18(16)26-13)25-12-6-4-3-5-7-12;1-3-2;1-2/h11-12H,2-10H2,1H3;3H,1-2H3;1-2H3. The van der Waals surface area contributed by atoms with Gasteiger partial charge >= 0.3 is 5.97 Å². The Morgan fingerprint density at radius 1 is 1.16 bits per heavy atom. The smallest absolute Gasteiger partial charge is 0.306 e. The molecule has 1 N–H and O–H groups in total. The minimum atomic E-state index is -0.144. The van der Waals surface area contributed by atoms with Crippen LogP contribution in [0.25, 0.3) is 10.2 Å². The number of aromatic nitrogens is 2. The molecule has 0 radical (unpaired) electrons. The summed E-state index contributed by atoms with van der Waals surface area (Å²) in [4.78, 5) is 23.0. The number of rotatable bonds is 5. The second kappa shape index (κ2) is 13.2.